The second kappa shape index (κ2) is 16.4. The summed E-state index contributed by atoms with van der Waals surface area (Å²) >= 11 is 0. The van der Waals surface area contributed by atoms with Crippen LogP contribution in [0, 0.1) is 0 Å². The van der Waals surface area contributed by atoms with Gasteiger partial charge < -0.3 is 29.7 Å². The maximum atomic E-state index is 12.0. The number of carboxylic acid groups (broad SMARTS) is 1. The van der Waals surface area contributed by atoms with E-state index in [0.29, 0.717) is 24.4 Å². The third kappa shape index (κ3) is 9.88. The van der Waals surface area contributed by atoms with E-state index in [4.69, 9.17) is 9.16 Å². The lowest BCUT2D eigenvalue weighted by molar-refractivity contribution is 0.182. The standard InChI is InChI=1S/C41H49N3O6Si/c1-41(2,3)51(4,5)50-37(33-18-20-36(45)39-34(33)19-21-38(46)44-39)27-42-23-22-29-11-9-15-31(25-29)49-24-10-12-28-16-17-32(30-13-7-6-8-14-30)35(26-28)43-40(47)48/h6-9,11,13-21,25-26,37,42-43,45H,10,12,22-24,27H2,1-5H3,(H,44,46)(H,47,48)/t37-/m1/s1. The summed E-state index contributed by atoms with van der Waals surface area (Å²) in [4.78, 5) is 26.3. The number of hydrogen-bond donors (Lipinski definition) is 5. The summed E-state index contributed by atoms with van der Waals surface area (Å²) < 4.78 is 13.0. The molecule has 0 unspecified atom stereocenters. The van der Waals surface area contributed by atoms with Crippen LogP contribution in [0.5, 0.6) is 11.5 Å². The van der Waals surface area contributed by atoms with Crippen molar-refractivity contribution in [3.8, 4) is 22.6 Å². The first-order chi connectivity index (χ1) is 24.3. The van der Waals surface area contributed by atoms with E-state index in [1.54, 1.807) is 12.1 Å². The summed E-state index contributed by atoms with van der Waals surface area (Å²) in [5.74, 6) is 0.844. The number of amides is 1. The lowest BCUT2D eigenvalue weighted by Crippen LogP contribution is -2.43. The molecule has 0 saturated carbocycles. The van der Waals surface area contributed by atoms with Crippen LogP contribution in [0.3, 0.4) is 0 Å². The molecule has 0 saturated heterocycles. The van der Waals surface area contributed by atoms with Crippen LogP contribution in [0.15, 0.2) is 102 Å². The molecule has 5 N–H and O–H groups in total. The molecule has 0 bridgehead atoms. The molecule has 268 valence electrons. The van der Waals surface area contributed by atoms with E-state index in [1.807, 2.05) is 66.7 Å². The van der Waals surface area contributed by atoms with Crippen molar-refractivity contribution in [2.45, 2.75) is 64.3 Å². The Morgan fingerprint density at radius 1 is 0.902 bits per heavy atom. The number of pyridine rings is 1. The van der Waals surface area contributed by atoms with Crippen molar-refractivity contribution in [1.82, 2.24) is 10.3 Å². The highest BCUT2D eigenvalue weighted by atomic mass is 28.4. The summed E-state index contributed by atoms with van der Waals surface area (Å²) in [6, 6.07) is 30.5. The van der Waals surface area contributed by atoms with Gasteiger partial charge in [0.25, 0.3) is 0 Å². The number of phenolic OH excluding ortho intramolecular Hbond substituents is 1. The van der Waals surface area contributed by atoms with E-state index in [2.05, 4.69) is 61.6 Å². The Hall–Kier alpha value is -4.90. The van der Waals surface area contributed by atoms with Crippen LogP contribution in [0.4, 0.5) is 10.5 Å². The molecule has 9 nitrogen and oxygen atoms in total. The van der Waals surface area contributed by atoms with Crippen molar-refractivity contribution in [1.29, 1.82) is 0 Å². The van der Waals surface area contributed by atoms with Gasteiger partial charge in [0.05, 0.1) is 23.9 Å². The number of phenols is 1. The van der Waals surface area contributed by atoms with Gasteiger partial charge >= 0.3 is 6.09 Å². The first-order valence-electron chi connectivity index (χ1n) is 17.4. The molecule has 0 fully saturated rings. The lowest BCUT2D eigenvalue weighted by Gasteiger charge is -2.39. The van der Waals surface area contributed by atoms with Crippen molar-refractivity contribution in [3.05, 3.63) is 124 Å². The molecular formula is C41H49N3O6Si. The van der Waals surface area contributed by atoms with Crippen LogP contribution in [0.25, 0.3) is 22.0 Å². The van der Waals surface area contributed by atoms with E-state index in [0.717, 1.165) is 64.8 Å². The average molecular weight is 708 g/mol. The van der Waals surface area contributed by atoms with E-state index >= 15 is 0 Å². The molecule has 1 amide bonds. The number of benzene rings is 4. The van der Waals surface area contributed by atoms with E-state index in [9.17, 15) is 19.8 Å². The predicted octanol–water partition coefficient (Wildman–Crippen LogP) is 8.90. The number of hydrogen-bond acceptors (Lipinski definition) is 6. The van der Waals surface area contributed by atoms with E-state index < -0.39 is 14.4 Å². The normalized spacial score (nSPS) is 12.5. The van der Waals surface area contributed by atoms with Gasteiger partial charge in [-0.05, 0) is 96.5 Å². The molecule has 0 radical (unpaired) electrons. The number of aryl methyl sites for hydroxylation is 1. The molecule has 1 atom stereocenters. The molecular weight excluding hydrogens is 659 g/mol. The number of aromatic amines is 1. The van der Waals surface area contributed by atoms with Gasteiger partial charge in [-0.2, -0.15) is 0 Å². The van der Waals surface area contributed by atoms with Gasteiger partial charge in [-0.1, -0.05) is 81.4 Å². The van der Waals surface area contributed by atoms with Crippen LogP contribution in [0.2, 0.25) is 18.1 Å². The Morgan fingerprint density at radius 2 is 1.67 bits per heavy atom. The molecule has 5 rings (SSSR count). The number of aromatic nitrogens is 1. The lowest BCUT2D eigenvalue weighted by atomic mass is 10.00. The second-order valence-electron chi connectivity index (χ2n) is 14.4. The molecule has 10 heteroatoms. The van der Waals surface area contributed by atoms with Crippen molar-refractivity contribution in [2.24, 2.45) is 0 Å². The van der Waals surface area contributed by atoms with Gasteiger partial charge in [-0.25, -0.2) is 4.79 Å². The Bertz CT molecular complexity index is 2010. The summed E-state index contributed by atoms with van der Waals surface area (Å²) in [6.45, 7) is 12.9. The van der Waals surface area contributed by atoms with Gasteiger partial charge in [0.15, 0.2) is 8.32 Å². The Balaban J connectivity index is 1.17. The van der Waals surface area contributed by atoms with Gasteiger partial charge in [0.2, 0.25) is 5.56 Å². The number of aromatic hydroxyl groups is 1. The molecule has 1 heterocycles. The molecule has 0 aliphatic heterocycles. The van der Waals surface area contributed by atoms with Crippen LogP contribution in [-0.2, 0) is 17.3 Å². The third-order valence-electron chi connectivity index (χ3n) is 9.60. The zero-order valence-electron chi connectivity index (χ0n) is 30.1. The SMILES string of the molecule is CC(C)(C)[Si](C)(C)O[C@H](CNCCc1cccc(OCCCc2ccc(-c3ccccc3)c(NC(=O)O)c2)c1)c1ccc(O)c2[nH]c(=O)ccc12. The van der Waals surface area contributed by atoms with Crippen molar-refractivity contribution in [2.75, 3.05) is 25.0 Å². The quantitative estimate of drug-likeness (QED) is 0.0542. The number of fused-ring (bicyclic) bond motifs is 1. The van der Waals surface area contributed by atoms with Gasteiger partial charge in [0, 0.05) is 23.6 Å². The zero-order chi connectivity index (χ0) is 36.6. The Labute approximate surface area is 300 Å². The minimum absolute atomic E-state index is 0.000215. The Morgan fingerprint density at radius 3 is 2.41 bits per heavy atom. The van der Waals surface area contributed by atoms with Gasteiger partial charge in [0.1, 0.15) is 11.5 Å². The van der Waals surface area contributed by atoms with Crippen LogP contribution in [-0.4, -0.2) is 49.3 Å². The average Bonchev–Trinajstić information content (AvgIpc) is 3.08. The topological polar surface area (TPSA) is 133 Å². The number of ether oxygens (including phenoxy) is 1. The summed E-state index contributed by atoms with van der Waals surface area (Å²) in [7, 11) is -2.18. The fraction of sp³-hybridized carbons (Fsp3) is 0.317. The van der Waals surface area contributed by atoms with Crippen molar-refractivity contribution >= 4 is 31.0 Å². The molecule has 51 heavy (non-hydrogen) atoms. The molecule has 0 aliphatic carbocycles. The van der Waals surface area contributed by atoms with Crippen LogP contribution < -0.4 is 20.9 Å². The van der Waals surface area contributed by atoms with Crippen LogP contribution in [0.1, 0.15) is 50.0 Å². The number of carbonyl (C=O) groups is 1. The second-order valence-corrected chi connectivity index (χ2v) is 19.1. The largest absolute Gasteiger partial charge is 0.506 e. The molecule has 0 spiro atoms. The fourth-order valence-corrected chi connectivity index (χ4v) is 7.12. The highest BCUT2D eigenvalue weighted by Gasteiger charge is 2.39. The van der Waals surface area contributed by atoms with Crippen molar-refractivity contribution < 1.29 is 24.2 Å². The highest BCUT2D eigenvalue weighted by Crippen LogP contribution is 2.41. The number of H-pyrrole nitrogens is 1. The maximum absolute atomic E-state index is 12.0. The first-order valence-corrected chi connectivity index (χ1v) is 20.3. The molecule has 4 aromatic carbocycles. The van der Waals surface area contributed by atoms with Crippen molar-refractivity contribution in [3.63, 3.8) is 0 Å². The Kier molecular flexibility index (Phi) is 12.0. The van der Waals surface area contributed by atoms with E-state index in [-0.39, 0.29) is 22.5 Å². The molecule has 5 aromatic rings. The van der Waals surface area contributed by atoms with E-state index in [1.165, 1.54) is 6.07 Å². The predicted molar refractivity (Wildman–Crippen MR) is 208 cm³/mol. The third-order valence-corrected chi connectivity index (χ3v) is 14.1. The number of rotatable bonds is 15. The van der Waals surface area contributed by atoms with Crippen LogP contribution >= 0.6 is 0 Å². The summed E-state index contributed by atoms with van der Waals surface area (Å²) in [5, 5.41) is 26.8. The zero-order valence-corrected chi connectivity index (χ0v) is 31.1. The van der Waals surface area contributed by atoms with Gasteiger partial charge in [-0.3, -0.25) is 10.1 Å². The monoisotopic (exact) mass is 707 g/mol. The minimum Gasteiger partial charge on any atom is -0.506 e. The maximum Gasteiger partial charge on any atom is 0.409 e. The fourth-order valence-electron chi connectivity index (χ4n) is 5.85. The number of nitrogens with one attached hydrogen (secondary N) is 3. The summed E-state index contributed by atoms with van der Waals surface area (Å²) in [6.07, 6.45) is 0.947. The summed E-state index contributed by atoms with van der Waals surface area (Å²) in [5.41, 5.74) is 5.62. The minimum atomic E-state index is -2.18. The smallest absolute Gasteiger partial charge is 0.409 e. The van der Waals surface area contributed by atoms with Gasteiger partial charge in [-0.15, -0.1) is 0 Å². The molecule has 1 aromatic heterocycles. The number of anilines is 1. The highest BCUT2D eigenvalue weighted by molar-refractivity contribution is 6.74. The first kappa shape index (κ1) is 37.4. The molecule has 0 aliphatic rings.